The van der Waals surface area contributed by atoms with Crippen LogP contribution in [0.25, 0.3) is 0 Å². The van der Waals surface area contributed by atoms with Crippen molar-refractivity contribution in [3.8, 4) is 0 Å². The lowest BCUT2D eigenvalue weighted by atomic mass is 9.77. The van der Waals surface area contributed by atoms with Crippen LogP contribution >= 0.6 is 0 Å². The zero-order valence-electron chi connectivity index (χ0n) is 12.8. The van der Waals surface area contributed by atoms with Crippen molar-refractivity contribution in [2.45, 2.75) is 63.5 Å². The average molecular weight is 297 g/mol. The molecule has 0 spiro atoms. The van der Waals surface area contributed by atoms with Crippen LogP contribution in [0.1, 0.15) is 51.9 Å². The van der Waals surface area contributed by atoms with E-state index in [1.807, 2.05) is 0 Å². The smallest absolute Gasteiger partial charge is 0.329 e. The van der Waals surface area contributed by atoms with Gasteiger partial charge in [0.15, 0.2) is 0 Å². The molecule has 2 saturated carbocycles. The highest BCUT2D eigenvalue weighted by molar-refractivity contribution is 5.86. The molecule has 2 rings (SSSR count). The van der Waals surface area contributed by atoms with Crippen LogP contribution in [0.2, 0.25) is 0 Å². The number of aliphatic carboxylic acids is 1. The Kier molecular flexibility index (Phi) is 5.45. The first-order chi connectivity index (χ1) is 10.0. The van der Waals surface area contributed by atoms with Gasteiger partial charge >= 0.3 is 12.0 Å². The van der Waals surface area contributed by atoms with Gasteiger partial charge in [-0.05, 0) is 57.4 Å². The van der Waals surface area contributed by atoms with E-state index in [-0.39, 0.29) is 6.03 Å². The quantitative estimate of drug-likeness (QED) is 0.536. The lowest BCUT2D eigenvalue weighted by molar-refractivity contribution is -0.146. The first-order valence-electron chi connectivity index (χ1n) is 8.05. The van der Waals surface area contributed by atoms with Crippen molar-refractivity contribution in [2.75, 3.05) is 13.1 Å². The van der Waals surface area contributed by atoms with Gasteiger partial charge in [0.2, 0.25) is 0 Å². The Hall–Kier alpha value is -1.30. The number of carboxylic acid groups (broad SMARTS) is 1. The zero-order chi connectivity index (χ0) is 15.3. The second kappa shape index (κ2) is 7.11. The molecule has 0 saturated heterocycles. The fourth-order valence-corrected chi connectivity index (χ4v) is 2.79. The van der Waals surface area contributed by atoms with Gasteiger partial charge in [0.05, 0.1) is 0 Å². The van der Waals surface area contributed by atoms with Gasteiger partial charge in [-0.1, -0.05) is 6.92 Å². The number of carbonyl (C=O) groups is 2. The van der Waals surface area contributed by atoms with Crippen LogP contribution in [0.3, 0.4) is 0 Å². The Balaban J connectivity index is 1.69. The Labute approximate surface area is 126 Å². The Morgan fingerprint density at radius 1 is 1.14 bits per heavy atom. The third kappa shape index (κ3) is 4.88. The predicted octanol–water partition coefficient (Wildman–Crippen LogP) is 1.46. The molecule has 6 nitrogen and oxygen atoms in total. The lowest BCUT2D eigenvalue weighted by Gasteiger charge is -2.36. The molecule has 0 aromatic carbocycles. The largest absolute Gasteiger partial charge is 0.480 e. The minimum atomic E-state index is -1.08. The number of hydrogen-bond acceptors (Lipinski definition) is 3. The van der Waals surface area contributed by atoms with Crippen molar-refractivity contribution in [1.29, 1.82) is 0 Å². The van der Waals surface area contributed by atoms with E-state index in [4.69, 9.17) is 0 Å². The summed E-state index contributed by atoms with van der Waals surface area (Å²) in [6.45, 7) is 3.59. The van der Waals surface area contributed by atoms with E-state index < -0.39 is 11.5 Å². The highest BCUT2D eigenvalue weighted by Gasteiger charge is 2.42. The van der Waals surface area contributed by atoms with Crippen LogP contribution in [-0.4, -0.2) is 41.8 Å². The van der Waals surface area contributed by atoms with Crippen molar-refractivity contribution in [2.24, 2.45) is 5.92 Å². The first-order valence-corrected chi connectivity index (χ1v) is 8.05. The summed E-state index contributed by atoms with van der Waals surface area (Å²) in [6.07, 6.45) is 6.10. The number of carbonyl (C=O) groups excluding carboxylic acids is 1. The van der Waals surface area contributed by atoms with Crippen molar-refractivity contribution in [1.82, 2.24) is 16.0 Å². The molecule has 21 heavy (non-hydrogen) atoms. The summed E-state index contributed by atoms with van der Waals surface area (Å²) in [4.78, 5) is 23.4. The molecule has 2 aliphatic rings. The van der Waals surface area contributed by atoms with E-state index in [0.29, 0.717) is 31.3 Å². The SMILES string of the molecule is CC1CCC(NC(=O)NCCCNC2CC2)(C(=O)O)CC1. The van der Waals surface area contributed by atoms with E-state index >= 15 is 0 Å². The molecular weight excluding hydrogens is 270 g/mol. The minimum absolute atomic E-state index is 0.363. The van der Waals surface area contributed by atoms with Crippen LogP contribution in [0.5, 0.6) is 0 Å². The van der Waals surface area contributed by atoms with Crippen molar-refractivity contribution in [3.05, 3.63) is 0 Å². The fraction of sp³-hybridized carbons (Fsp3) is 0.867. The number of amides is 2. The monoisotopic (exact) mass is 297 g/mol. The van der Waals surface area contributed by atoms with E-state index in [1.165, 1.54) is 12.8 Å². The van der Waals surface area contributed by atoms with Crippen LogP contribution in [0.4, 0.5) is 4.79 Å². The number of nitrogens with one attached hydrogen (secondary N) is 3. The van der Waals surface area contributed by atoms with Gasteiger partial charge in [-0.25, -0.2) is 9.59 Å². The summed E-state index contributed by atoms with van der Waals surface area (Å²) < 4.78 is 0. The average Bonchev–Trinajstić information content (AvgIpc) is 3.25. The van der Waals surface area contributed by atoms with E-state index in [1.54, 1.807) is 0 Å². The molecule has 0 atom stereocenters. The Morgan fingerprint density at radius 3 is 2.38 bits per heavy atom. The maximum Gasteiger partial charge on any atom is 0.329 e. The Bertz CT molecular complexity index is 374. The highest BCUT2D eigenvalue weighted by Crippen LogP contribution is 2.32. The predicted molar refractivity (Wildman–Crippen MR) is 80.2 cm³/mol. The first kappa shape index (κ1) is 16.1. The summed E-state index contributed by atoms with van der Waals surface area (Å²) in [7, 11) is 0. The summed E-state index contributed by atoms with van der Waals surface area (Å²) in [5, 5.41) is 18.3. The van der Waals surface area contributed by atoms with Crippen LogP contribution in [0.15, 0.2) is 0 Å². The second-order valence-corrected chi connectivity index (χ2v) is 6.53. The van der Waals surface area contributed by atoms with E-state index in [0.717, 1.165) is 25.8 Å². The molecule has 0 unspecified atom stereocenters. The third-order valence-electron chi connectivity index (χ3n) is 4.54. The molecule has 0 bridgehead atoms. The highest BCUT2D eigenvalue weighted by atomic mass is 16.4. The standard InChI is InChI=1S/C15H27N3O3/c1-11-5-7-15(8-6-11,13(19)20)18-14(21)17-10-2-9-16-12-3-4-12/h11-12,16H,2-10H2,1H3,(H,19,20)(H2,17,18,21). The molecule has 0 heterocycles. The topological polar surface area (TPSA) is 90.5 Å². The van der Waals surface area contributed by atoms with Gasteiger partial charge in [0.1, 0.15) is 5.54 Å². The maximum absolute atomic E-state index is 11.9. The molecular formula is C15H27N3O3. The fourth-order valence-electron chi connectivity index (χ4n) is 2.79. The number of urea groups is 1. The number of carboxylic acids is 1. The molecule has 2 amide bonds. The molecule has 4 N–H and O–H groups in total. The van der Waals surface area contributed by atoms with Crippen molar-refractivity contribution < 1.29 is 14.7 Å². The lowest BCUT2D eigenvalue weighted by Crippen LogP contribution is -2.58. The van der Waals surface area contributed by atoms with Gasteiger partial charge in [0, 0.05) is 12.6 Å². The molecule has 0 radical (unpaired) electrons. The molecule has 2 fully saturated rings. The minimum Gasteiger partial charge on any atom is -0.480 e. The molecule has 6 heteroatoms. The van der Waals surface area contributed by atoms with Crippen molar-refractivity contribution in [3.63, 3.8) is 0 Å². The third-order valence-corrected chi connectivity index (χ3v) is 4.54. The molecule has 0 aromatic rings. The Morgan fingerprint density at radius 2 is 1.81 bits per heavy atom. The summed E-state index contributed by atoms with van der Waals surface area (Å²) in [6, 6.07) is 0.316. The van der Waals surface area contributed by atoms with E-state index in [9.17, 15) is 14.7 Å². The summed E-state index contributed by atoms with van der Waals surface area (Å²) in [5.74, 6) is -0.379. The van der Waals surface area contributed by atoms with E-state index in [2.05, 4.69) is 22.9 Å². The van der Waals surface area contributed by atoms with Gasteiger partial charge in [0.25, 0.3) is 0 Å². The summed E-state index contributed by atoms with van der Waals surface area (Å²) >= 11 is 0. The molecule has 120 valence electrons. The summed E-state index contributed by atoms with van der Waals surface area (Å²) in [5.41, 5.74) is -1.08. The van der Waals surface area contributed by atoms with Crippen molar-refractivity contribution >= 4 is 12.0 Å². The number of rotatable bonds is 7. The van der Waals surface area contributed by atoms with Crippen LogP contribution in [-0.2, 0) is 4.79 Å². The zero-order valence-corrected chi connectivity index (χ0v) is 12.8. The van der Waals surface area contributed by atoms with Gasteiger partial charge in [-0.2, -0.15) is 0 Å². The number of hydrogen-bond donors (Lipinski definition) is 4. The molecule has 0 aromatic heterocycles. The second-order valence-electron chi connectivity index (χ2n) is 6.53. The molecule has 0 aliphatic heterocycles. The van der Waals surface area contributed by atoms with Crippen LogP contribution in [0, 0.1) is 5.92 Å². The van der Waals surface area contributed by atoms with Gasteiger partial charge in [-0.15, -0.1) is 0 Å². The van der Waals surface area contributed by atoms with Gasteiger partial charge < -0.3 is 21.1 Å². The maximum atomic E-state index is 11.9. The normalized spacial score (nSPS) is 28.9. The van der Waals surface area contributed by atoms with Crippen LogP contribution < -0.4 is 16.0 Å². The van der Waals surface area contributed by atoms with Gasteiger partial charge in [-0.3, -0.25) is 0 Å². The molecule has 2 aliphatic carbocycles.